The Morgan fingerprint density at radius 1 is 1.46 bits per heavy atom. The van der Waals surface area contributed by atoms with Crippen molar-refractivity contribution >= 4 is 17.5 Å². The third-order valence-electron chi connectivity index (χ3n) is 1.74. The minimum absolute atomic E-state index is 0.167. The van der Waals surface area contributed by atoms with Gasteiger partial charge in [-0.3, -0.25) is 4.79 Å². The van der Waals surface area contributed by atoms with Crippen molar-refractivity contribution in [2.45, 2.75) is 19.8 Å². The lowest BCUT2D eigenvalue weighted by molar-refractivity contribution is -0.131. The molecule has 0 aromatic heterocycles. The highest BCUT2D eigenvalue weighted by atomic mass is 35.5. The molecular weight excluding hydrogens is 190 g/mol. The average Bonchev–Trinajstić information content (AvgIpc) is 2.12. The Balaban J connectivity index is 3.83. The summed E-state index contributed by atoms with van der Waals surface area (Å²) in [7, 11) is 1.63. The standard InChI is InChI=1S/C9H18ClNO2/c1-3-4-9(12)11(6-5-10)7-8-13-2/h3-8H2,1-2H3. The van der Waals surface area contributed by atoms with Crippen molar-refractivity contribution in [1.29, 1.82) is 0 Å². The molecule has 0 aromatic carbocycles. The van der Waals surface area contributed by atoms with Gasteiger partial charge in [-0.25, -0.2) is 0 Å². The van der Waals surface area contributed by atoms with E-state index in [-0.39, 0.29) is 5.91 Å². The SMILES string of the molecule is CCCC(=O)N(CCCl)CCOC. The maximum atomic E-state index is 11.5. The zero-order valence-corrected chi connectivity index (χ0v) is 9.14. The first-order valence-corrected chi connectivity index (χ1v) is 5.12. The summed E-state index contributed by atoms with van der Waals surface area (Å²) in [4.78, 5) is 13.2. The predicted octanol–water partition coefficient (Wildman–Crippen LogP) is 1.50. The second-order valence-corrected chi connectivity index (χ2v) is 3.19. The van der Waals surface area contributed by atoms with E-state index in [2.05, 4.69) is 0 Å². The van der Waals surface area contributed by atoms with E-state index in [4.69, 9.17) is 16.3 Å². The summed E-state index contributed by atoms with van der Waals surface area (Å²) in [5, 5.41) is 0. The molecule has 0 heterocycles. The van der Waals surface area contributed by atoms with Crippen LogP contribution >= 0.6 is 11.6 Å². The van der Waals surface area contributed by atoms with Gasteiger partial charge in [-0.05, 0) is 6.42 Å². The molecule has 0 radical (unpaired) electrons. The molecule has 0 N–H and O–H groups in total. The summed E-state index contributed by atoms with van der Waals surface area (Å²) in [6, 6.07) is 0. The lowest BCUT2D eigenvalue weighted by Crippen LogP contribution is -2.35. The van der Waals surface area contributed by atoms with Gasteiger partial charge in [0, 0.05) is 32.5 Å². The quantitative estimate of drug-likeness (QED) is 0.593. The maximum Gasteiger partial charge on any atom is 0.222 e. The zero-order valence-electron chi connectivity index (χ0n) is 8.38. The summed E-state index contributed by atoms with van der Waals surface area (Å²) in [6.07, 6.45) is 1.48. The first-order chi connectivity index (χ1) is 6.26. The molecule has 0 bridgehead atoms. The molecule has 13 heavy (non-hydrogen) atoms. The van der Waals surface area contributed by atoms with Gasteiger partial charge in [0.1, 0.15) is 0 Å². The monoisotopic (exact) mass is 207 g/mol. The Morgan fingerprint density at radius 2 is 2.15 bits per heavy atom. The van der Waals surface area contributed by atoms with Crippen LogP contribution in [-0.4, -0.2) is 43.5 Å². The lowest BCUT2D eigenvalue weighted by atomic mass is 10.3. The smallest absolute Gasteiger partial charge is 0.222 e. The Morgan fingerprint density at radius 3 is 2.62 bits per heavy atom. The predicted molar refractivity (Wildman–Crippen MR) is 54.1 cm³/mol. The van der Waals surface area contributed by atoms with E-state index in [9.17, 15) is 4.79 Å². The van der Waals surface area contributed by atoms with Crippen LogP contribution in [0.15, 0.2) is 0 Å². The summed E-state index contributed by atoms with van der Waals surface area (Å²) in [5.74, 6) is 0.652. The van der Waals surface area contributed by atoms with E-state index in [1.165, 1.54) is 0 Å². The van der Waals surface area contributed by atoms with Crippen LogP contribution in [-0.2, 0) is 9.53 Å². The van der Waals surface area contributed by atoms with Gasteiger partial charge in [0.15, 0.2) is 0 Å². The highest BCUT2D eigenvalue weighted by molar-refractivity contribution is 6.18. The van der Waals surface area contributed by atoms with Crippen LogP contribution in [0.2, 0.25) is 0 Å². The summed E-state index contributed by atoms with van der Waals surface area (Å²) in [5.41, 5.74) is 0. The van der Waals surface area contributed by atoms with Crippen LogP contribution in [0.25, 0.3) is 0 Å². The molecule has 78 valence electrons. The second-order valence-electron chi connectivity index (χ2n) is 2.81. The highest BCUT2D eigenvalue weighted by Gasteiger charge is 2.10. The van der Waals surface area contributed by atoms with Crippen LogP contribution in [0, 0.1) is 0 Å². The van der Waals surface area contributed by atoms with Crippen molar-refractivity contribution in [2.75, 3.05) is 32.7 Å². The molecule has 0 rings (SSSR count). The fraction of sp³-hybridized carbons (Fsp3) is 0.889. The number of hydrogen-bond acceptors (Lipinski definition) is 2. The summed E-state index contributed by atoms with van der Waals surface area (Å²) in [6.45, 7) is 3.82. The number of ether oxygens (including phenoxy) is 1. The number of methoxy groups -OCH3 is 1. The molecule has 0 atom stereocenters. The van der Waals surface area contributed by atoms with Crippen molar-refractivity contribution in [3.05, 3.63) is 0 Å². The van der Waals surface area contributed by atoms with Crippen LogP contribution in [0.5, 0.6) is 0 Å². The van der Waals surface area contributed by atoms with Crippen LogP contribution < -0.4 is 0 Å². The van der Waals surface area contributed by atoms with Crippen molar-refractivity contribution in [3.63, 3.8) is 0 Å². The molecule has 0 saturated carbocycles. The van der Waals surface area contributed by atoms with Gasteiger partial charge in [-0.2, -0.15) is 0 Å². The van der Waals surface area contributed by atoms with E-state index < -0.39 is 0 Å². The van der Waals surface area contributed by atoms with Crippen LogP contribution in [0.1, 0.15) is 19.8 Å². The fourth-order valence-corrected chi connectivity index (χ4v) is 1.24. The first-order valence-electron chi connectivity index (χ1n) is 4.59. The normalized spacial score (nSPS) is 10.1. The van der Waals surface area contributed by atoms with Crippen molar-refractivity contribution in [2.24, 2.45) is 0 Å². The van der Waals surface area contributed by atoms with Crippen molar-refractivity contribution < 1.29 is 9.53 Å². The molecule has 1 amide bonds. The highest BCUT2D eigenvalue weighted by Crippen LogP contribution is 1.98. The average molecular weight is 208 g/mol. The number of nitrogens with zero attached hydrogens (tertiary/aromatic N) is 1. The van der Waals surface area contributed by atoms with Gasteiger partial charge < -0.3 is 9.64 Å². The van der Waals surface area contributed by atoms with Gasteiger partial charge >= 0.3 is 0 Å². The Bertz CT molecular complexity index is 142. The number of carbonyl (C=O) groups is 1. The molecule has 0 saturated heterocycles. The molecule has 0 unspecified atom stereocenters. The number of amides is 1. The number of rotatable bonds is 7. The fourth-order valence-electron chi connectivity index (χ4n) is 1.04. The number of carbonyl (C=O) groups excluding carboxylic acids is 1. The molecule has 0 fully saturated rings. The molecule has 0 aliphatic carbocycles. The van der Waals surface area contributed by atoms with E-state index in [1.807, 2.05) is 6.92 Å². The molecule has 0 spiro atoms. The minimum atomic E-state index is 0.167. The Labute approximate surface area is 85.0 Å². The topological polar surface area (TPSA) is 29.5 Å². The van der Waals surface area contributed by atoms with Crippen LogP contribution in [0.4, 0.5) is 0 Å². The van der Waals surface area contributed by atoms with Crippen molar-refractivity contribution in [1.82, 2.24) is 4.90 Å². The largest absolute Gasteiger partial charge is 0.383 e. The van der Waals surface area contributed by atoms with Gasteiger partial charge in [0.2, 0.25) is 5.91 Å². The first kappa shape index (κ1) is 12.7. The molecular formula is C9H18ClNO2. The third-order valence-corrected chi connectivity index (χ3v) is 1.91. The summed E-state index contributed by atoms with van der Waals surface area (Å²) < 4.78 is 4.91. The molecule has 0 aliphatic rings. The third kappa shape index (κ3) is 5.88. The molecule has 0 aliphatic heterocycles. The zero-order chi connectivity index (χ0) is 10.1. The van der Waals surface area contributed by atoms with E-state index in [0.29, 0.717) is 32.0 Å². The minimum Gasteiger partial charge on any atom is -0.383 e. The van der Waals surface area contributed by atoms with Crippen molar-refractivity contribution in [3.8, 4) is 0 Å². The Hall–Kier alpha value is -0.280. The van der Waals surface area contributed by atoms with E-state index in [1.54, 1.807) is 12.0 Å². The Kier molecular flexibility index (Phi) is 8.14. The van der Waals surface area contributed by atoms with Crippen LogP contribution in [0.3, 0.4) is 0 Å². The number of hydrogen-bond donors (Lipinski definition) is 0. The van der Waals surface area contributed by atoms with Gasteiger partial charge in [0.05, 0.1) is 6.61 Å². The molecule has 4 heteroatoms. The van der Waals surface area contributed by atoms with Gasteiger partial charge in [0.25, 0.3) is 0 Å². The molecule has 0 aromatic rings. The lowest BCUT2D eigenvalue weighted by Gasteiger charge is -2.20. The summed E-state index contributed by atoms with van der Waals surface area (Å²) >= 11 is 5.58. The van der Waals surface area contributed by atoms with Gasteiger partial charge in [-0.1, -0.05) is 6.92 Å². The number of alkyl halides is 1. The van der Waals surface area contributed by atoms with E-state index in [0.717, 1.165) is 6.42 Å². The van der Waals surface area contributed by atoms with Gasteiger partial charge in [-0.15, -0.1) is 11.6 Å². The van der Waals surface area contributed by atoms with E-state index >= 15 is 0 Å². The maximum absolute atomic E-state index is 11.5. The number of halogens is 1. The molecule has 3 nitrogen and oxygen atoms in total. The second kappa shape index (κ2) is 8.32.